The van der Waals surface area contributed by atoms with Crippen LogP contribution in [0.4, 0.5) is 10.1 Å². The number of benzene rings is 1. The molecule has 0 bridgehead atoms. The number of anilines is 1. The van der Waals surface area contributed by atoms with Crippen LogP contribution in [0.1, 0.15) is 24.2 Å². The van der Waals surface area contributed by atoms with E-state index in [2.05, 4.69) is 10.3 Å². The quantitative estimate of drug-likeness (QED) is 0.877. The molecule has 1 aromatic carbocycles. The summed E-state index contributed by atoms with van der Waals surface area (Å²) >= 11 is 1.54. The van der Waals surface area contributed by atoms with Crippen LogP contribution in [-0.2, 0) is 0 Å². The highest BCUT2D eigenvalue weighted by atomic mass is 32.1. The van der Waals surface area contributed by atoms with E-state index in [1.807, 2.05) is 25.3 Å². The molecule has 1 atom stereocenters. The van der Waals surface area contributed by atoms with Gasteiger partial charge < -0.3 is 5.32 Å². The first-order chi connectivity index (χ1) is 7.66. The smallest absolute Gasteiger partial charge is 0.146 e. The lowest BCUT2D eigenvalue weighted by molar-refractivity contribution is 0.626. The highest BCUT2D eigenvalue weighted by Crippen LogP contribution is 2.22. The maximum absolute atomic E-state index is 13.6. The molecule has 0 amide bonds. The number of nitrogens with one attached hydrogen (secondary N) is 1. The zero-order valence-corrected chi connectivity index (χ0v) is 10.0. The van der Waals surface area contributed by atoms with Crippen LogP contribution < -0.4 is 5.32 Å². The van der Waals surface area contributed by atoms with Crippen molar-refractivity contribution < 1.29 is 4.39 Å². The van der Waals surface area contributed by atoms with Gasteiger partial charge in [0.1, 0.15) is 5.82 Å². The fourth-order valence-corrected chi connectivity index (χ4v) is 2.13. The van der Waals surface area contributed by atoms with Gasteiger partial charge in [0.2, 0.25) is 0 Å². The molecule has 0 fully saturated rings. The largest absolute Gasteiger partial charge is 0.375 e. The highest BCUT2D eigenvalue weighted by Gasteiger charge is 2.09. The normalized spacial score (nSPS) is 12.4. The number of aromatic nitrogens is 1. The molecule has 2 nitrogen and oxygen atoms in total. The summed E-state index contributed by atoms with van der Waals surface area (Å²) < 4.78 is 13.6. The summed E-state index contributed by atoms with van der Waals surface area (Å²) in [5.74, 6) is -0.220. The lowest BCUT2D eigenvalue weighted by Crippen LogP contribution is -2.08. The third kappa shape index (κ3) is 2.39. The summed E-state index contributed by atoms with van der Waals surface area (Å²) in [6, 6.07) is 5.19. The minimum Gasteiger partial charge on any atom is -0.375 e. The molecule has 2 aromatic rings. The van der Waals surface area contributed by atoms with Gasteiger partial charge in [0.15, 0.2) is 0 Å². The molecule has 0 spiro atoms. The van der Waals surface area contributed by atoms with Gasteiger partial charge in [-0.2, -0.15) is 0 Å². The van der Waals surface area contributed by atoms with Crippen LogP contribution in [0, 0.1) is 12.7 Å². The fourth-order valence-electron chi connectivity index (χ4n) is 1.48. The molecular formula is C12H13FN2S. The summed E-state index contributed by atoms with van der Waals surface area (Å²) in [7, 11) is 0. The van der Waals surface area contributed by atoms with Gasteiger partial charge in [0.25, 0.3) is 0 Å². The average molecular weight is 236 g/mol. The van der Waals surface area contributed by atoms with Crippen LogP contribution in [-0.4, -0.2) is 4.98 Å². The second kappa shape index (κ2) is 4.61. The Balaban J connectivity index is 2.15. The number of aryl methyl sites for hydroxylation is 1. The number of halogens is 1. The van der Waals surface area contributed by atoms with E-state index in [4.69, 9.17) is 0 Å². The number of rotatable bonds is 3. The molecule has 4 heteroatoms. The minimum atomic E-state index is -0.220. The van der Waals surface area contributed by atoms with E-state index in [0.29, 0.717) is 5.69 Å². The summed E-state index contributed by atoms with van der Waals surface area (Å²) in [4.78, 5) is 4.19. The molecule has 0 radical (unpaired) electrons. The molecule has 1 unspecified atom stereocenters. The molecule has 0 aliphatic heterocycles. The fraction of sp³-hybridized carbons (Fsp3) is 0.250. The first kappa shape index (κ1) is 11.1. The maximum Gasteiger partial charge on any atom is 0.146 e. The van der Waals surface area contributed by atoms with E-state index in [0.717, 1.165) is 11.3 Å². The first-order valence-corrected chi connectivity index (χ1v) is 6.02. The lowest BCUT2D eigenvalue weighted by Gasteiger charge is -2.13. The molecule has 2 rings (SSSR count). The van der Waals surface area contributed by atoms with E-state index >= 15 is 0 Å². The number of thiazole rings is 1. The second-order valence-corrected chi connectivity index (χ2v) is 4.48. The third-order valence-corrected chi connectivity index (χ3v) is 3.00. The van der Waals surface area contributed by atoms with Gasteiger partial charge in [-0.05, 0) is 31.5 Å². The van der Waals surface area contributed by atoms with Crippen molar-refractivity contribution in [2.24, 2.45) is 0 Å². The summed E-state index contributed by atoms with van der Waals surface area (Å²) in [5.41, 5.74) is 4.15. The second-order valence-electron chi connectivity index (χ2n) is 3.76. The summed E-state index contributed by atoms with van der Waals surface area (Å²) in [6.45, 7) is 3.84. The lowest BCUT2D eigenvalue weighted by atomic mass is 10.2. The Morgan fingerprint density at radius 3 is 2.88 bits per heavy atom. The summed E-state index contributed by atoms with van der Waals surface area (Å²) in [5, 5.41) is 5.07. The number of hydrogen-bond acceptors (Lipinski definition) is 3. The maximum atomic E-state index is 13.6. The predicted octanol–water partition coefficient (Wildman–Crippen LogP) is 3.76. The Kier molecular flexibility index (Phi) is 3.19. The van der Waals surface area contributed by atoms with Crippen molar-refractivity contribution in [1.82, 2.24) is 4.98 Å². The molecular weight excluding hydrogens is 223 g/mol. The molecule has 1 N–H and O–H groups in total. The van der Waals surface area contributed by atoms with Crippen molar-refractivity contribution in [2.45, 2.75) is 19.9 Å². The zero-order chi connectivity index (χ0) is 11.5. The van der Waals surface area contributed by atoms with Gasteiger partial charge in [-0.25, -0.2) is 9.37 Å². The van der Waals surface area contributed by atoms with E-state index in [9.17, 15) is 4.39 Å². The minimum absolute atomic E-state index is 0.0171. The molecule has 84 valence electrons. The average Bonchev–Trinajstić information content (AvgIpc) is 2.75. The van der Waals surface area contributed by atoms with E-state index in [1.54, 1.807) is 22.9 Å². The highest BCUT2D eigenvalue weighted by molar-refractivity contribution is 7.07. The SMILES string of the molecule is Cc1ccc(NC(C)c2cscn2)c(F)c1. The van der Waals surface area contributed by atoms with Crippen LogP contribution >= 0.6 is 11.3 Å². The molecule has 1 aromatic heterocycles. The van der Waals surface area contributed by atoms with Gasteiger partial charge in [0.05, 0.1) is 22.9 Å². The molecule has 0 saturated carbocycles. The van der Waals surface area contributed by atoms with Crippen molar-refractivity contribution in [3.63, 3.8) is 0 Å². The van der Waals surface area contributed by atoms with Crippen LogP contribution in [0.25, 0.3) is 0 Å². The van der Waals surface area contributed by atoms with Crippen LogP contribution in [0.5, 0.6) is 0 Å². The molecule has 16 heavy (non-hydrogen) atoms. The zero-order valence-electron chi connectivity index (χ0n) is 9.20. The van der Waals surface area contributed by atoms with E-state index < -0.39 is 0 Å². The third-order valence-electron chi connectivity index (χ3n) is 2.39. The van der Waals surface area contributed by atoms with Crippen molar-refractivity contribution in [3.05, 3.63) is 46.2 Å². The van der Waals surface area contributed by atoms with E-state index in [1.165, 1.54) is 6.07 Å². The monoisotopic (exact) mass is 236 g/mol. The molecule has 0 aliphatic rings. The molecule has 0 saturated heterocycles. The van der Waals surface area contributed by atoms with Crippen molar-refractivity contribution in [1.29, 1.82) is 0 Å². The first-order valence-electron chi connectivity index (χ1n) is 5.07. The predicted molar refractivity (Wildman–Crippen MR) is 65.3 cm³/mol. The van der Waals surface area contributed by atoms with Gasteiger partial charge in [-0.1, -0.05) is 6.07 Å². The molecule has 1 heterocycles. The van der Waals surface area contributed by atoms with Crippen LogP contribution in [0.15, 0.2) is 29.1 Å². The Bertz CT molecular complexity index is 468. The summed E-state index contributed by atoms with van der Waals surface area (Å²) in [6.07, 6.45) is 0. The van der Waals surface area contributed by atoms with Crippen molar-refractivity contribution in [2.75, 3.05) is 5.32 Å². The van der Waals surface area contributed by atoms with Gasteiger partial charge in [0, 0.05) is 5.38 Å². The number of nitrogens with zero attached hydrogens (tertiary/aromatic N) is 1. The topological polar surface area (TPSA) is 24.9 Å². The van der Waals surface area contributed by atoms with Gasteiger partial charge >= 0.3 is 0 Å². The Morgan fingerprint density at radius 2 is 2.25 bits per heavy atom. The standard InChI is InChI=1S/C12H13FN2S/c1-8-3-4-11(10(13)5-8)15-9(2)12-6-16-7-14-12/h3-7,9,15H,1-2H3. The Labute approximate surface area is 98.2 Å². The van der Waals surface area contributed by atoms with Crippen molar-refractivity contribution in [3.8, 4) is 0 Å². The Morgan fingerprint density at radius 1 is 1.44 bits per heavy atom. The van der Waals surface area contributed by atoms with Crippen molar-refractivity contribution >= 4 is 17.0 Å². The number of hydrogen-bond donors (Lipinski definition) is 1. The van der Waals surface area contributed by atoms with Gasteiger partial charge in [-0.3, -0.25) is 0 Å². The Hall–Kier alpha value is -1.42. The molecule has 0 aliphatic carbocycles. The van der Waals surface area contributed by atoms with Gasteiger partial charge in [-0.15, -0.1) is 11.3 Å². The van der Waals surface area contributed by atoms with Crippen LogP contribution in [0.2, 0.25) is 0 Å². The van der Waals surface area contributed by atoms with E-state index in [-0.39, 0.29) is 11.9 Å². The van der Waals surface area contributed by atoms with Crippen LogP contribution in [0.3, 0.4) is 0 Å².